The molecule has 0 aromatic heterocycles. The van der Waals surface area contributed by atoms with Gasteiger partial charge in [0.25, 0.3) is 0 Å². The van der Waals surface area contributed by atoms with Crippen LogP contribution in [0.2, 0.25) is 10.0 Å². The number of nitrogens with zero attached hydrogens (tertiary/aromatic N) is 1. The molecule has 190 valence electrons. The quantitative estimate of drug-likeness (QED) is 0.279. The molecular weight excluding hydrogens is 511 g/mol. The molecule has 0 saturated heterocycles. The highest BCUT2D eigenvalue weighted by atomic mass is 35.5. The van der Waals surface area contributed by atoms with Crippen molar-refractivity contribution in [3.05, 3.63) is 106 Å². The normalized spacial score (nSPS) is 11.8. The average molecular weight is 544 g/mol. The monoisotopic (exact) mass is 542 g/mol. The largest absolute Gasteiger partial charge is 0.354 e. The predicted octanol–water partition coefficient (Wildman–Crippen LogP) is 6.64. The second kappa shape index (κ2) is 14.3. The molecule has 36 heavy (non-hydrogen) atoms. The molecule has 0 fully saturated rings. The van der Waals surface area contributed by atoms with Gasteiger partial charge in [-0.3, -0.25) is 9.59 Å². The number of halogens is 2. The lowest BCUT2D eigenvalue weighted by Crippen LogP contribution is -2.51. The Balaban J connectivity index is 1.85. The fourth-order valence-electron chi connectivity index (χ4n) is 3.76. The zero-order valence-electron chi connectivity index (χ0n) is 20.6. The highest BCUT2D eigenvalue weighted by molar-refractivity contribution is 7.99. The molecule has 0 saturated carbocycles. The number of rotatable bonds is 12. The van der Waals surface area contributed by atoms with Crippen LogP contribution in [0.4, 0.5) is 0 Å². The van der Waals surface area contributed by atoms with Gasteiger partial charge in [-0.15, -0.1) is 11.8 Å². The standard InChI is InChI=1S/C29H32Cl2N2O2S/c1-21(2)17-32-29(35)27(16-22-9-4-3-5-10-22)33(18-23-11-8-13-25(30)15-23)28(34)20-36-19-24-12-6-7-14-26(24)31/h3-15,21,27H,16-20H2,1-2H3,(H,32,35)/t27-/m0/s1. The van der Waals surface area contributed by atoms with Gasteiger partial charge in [0.05, 0.1) is 5.75 Å². The zero-order valence-corrected chi connectivity index (χ0v) is 23.0. The molecule has 0 heterocycles. The van der Waals surface area contributed by atoms with Crippen molar-refractivity contribution in [3.8, 4) is 0 Å². The van der Waals surface area contributed by atoms with Crippen molar-refractivity contribution in [2.45, 2.75) is 38.6 Å². The fraction of sp³-hybridized carbons (Fsp3) is 0.310. The Morgan fingerprint density at radius 1 is 0.917 bits per heavy atom. The first kappa shape index (κ1) is 28.1. The van der Waals surface area contributed by atoms with Gasteiger partial charge in [0, 0.05) is 35.3 Å². The Hall–Kier alpha value is -2.47. The van der Waals surface area contributed by atoms with Crippen LogP contribution in [-0.4, -0.2) is 35.1 Å². The first-order chi connectivity index (χ1) is 17.3. The summed E-state index contributed by atoms with van der Waals surface area (Å²) in [6, 6.07) is 24.2. The van der Waals surface area contributed by atoms with Crippen molar-refractivity contribution in [3.63, 3.8) is 0 Å². The maximum atomic E-state index is 13.6. The van der Waals surface area contributed by atoms with Gasteiger partial charge >= 0.3 is 0 Å². The molecule has 1 atom stereocenters. The van der Waals surface area contributed by atoms with E-state index in [2.05, 4.69) is 5.32 Å². The summed E-state index contributed by atoms with van der Waals surface area (Å²) in [6.07, 6.45) is 0.423. The van der Waals surface area contributed by atoms with Crippen molar-refractivity contribution in [1.29, 1.82) is 0 Å². The lowest BCUT2D eigenvalue weighted by Gasteiger charge is -2.32. The van der Waals surface area contributed by atoms with Gasteiger partial charge < -0.3 is 10.2 Å². The van der Waals surface area contributed by atoms with Crippen molar-refractivity contribution < 1.29 is 9.59 Å². The highest BCUT2D eigenvalue weighted by Gasteiger charge is 2.30. The SMILES string of the molecule is CC(C)CNC(=O)[C@H](Cc1ccccc1)N(Cc1cccc(Cl)c1)C(=O)CSCc1ccccc1Cl. The van der Waals surface area contributed by atoms with Gasteiger partial charge in [0.15, 0.2) is 0 Å². The third kappa shape index (κ3) is 8.88. The lowest BCUT2D eigenvalue weighted by atomic mass is 10.0. The second-order valence-electron chi connectivity index (χ2n) is 9.08. The highest BCUT2D eigenvalue weighted by Crippen LogP contribution is 2.23. The van der Waals surface area contributed by atoms with E-state index >= 15 is 0 Å². The molecule has 0 bridgehead atoms. The number of carbonyl (C=O) groups is 2. The molecule has 0 aliphatic carbocycles. The summed E-state index contributed by atoms with van der Waals surface area (Å²) in [4.78, 5) is 28.8. The summed E-state index contributed by atoms with van der Waals surface area (Å²) in [5.41, 5.74) is 2.85. The lowest BCUT2D eigenvalue weighted by molar-refractivity contribution is -0.139. The smallest absolute Gasteiger partial charge is 0.243 e. The Kier molecular flexibility index (Phi) is 11.2. The van der Waals surface area contributed by atoms with E-state index in [1.54, 1.807) is 11.0 Å². The second-order valence-corrected chi connectivity index (χ2v) is 10.9. The minimum Gasteiger partial charge on any atom is -0.354 e. The van der Waals surface area contributed by atoms with E-state index in [4.69, 9.17) is 23.2 Å². The van der Waals surface area contributed by atoms with Crippen molar-refractivity contribution >= 4 is 46.8 Å². The van der Waals surface area contributed by atoms with Crippen LogP contribution >= 0.6 is 35.0 Å². The predicted molar refractivity (Wildman–Crippen MR) is 151 cm³/mol. The van der Waals surface area contributed by atoms with Gasteiger partial charge in [0.2, 0.25) is 11.8 Å². The van der Waals surface area contributed by atoms with Crippen LogP contribution in [0.25, 0.3) is 0 Å². The Morgan fingerprint density at radius 2 is 1.61 bits per heavy atom. The molecule has 4 nitrogen and oxygen atoms in total. The summed E-state index contributed by atoms with van der Waals surface area (Å²) in [6.45, 7) is 4.93. The Labute approximate surface area is 228 Å². The minimum absolute atomic E-state index is 0.104. The number of benzene rings is 3. The van der Waals surface area contributed by atoms with Gasteiger partial charge in [-0.25, -0.2) is 0 Å². The van der Waals surface area contributed by atoms with Crippen molar-refractivity contribution in [1.82, 2.24) is 10.2 Å². The third-order valence-electron chi connectivity index (χ3n) is 5.64. The van der Waals surface area contributed by atoms with E-state index in [-0.39, 0.29) is 17.6 Å². The fourth-order valence-corrected chi connectivity index (χ4v) is 5.16. The maximum Gasteiger partial charge on any atom is 0.243 e. The molecule has 0 unspecified atom stereocenters. The molecule has 3 rings (SSSR count). The number of amides is 2. The molecule has 1 N–H and O–H groups in total. The topological polar surface area (TPSA) is 49.4 Å². The van der Waals surface area contributed by atoms with Gasteiger partial charge in [-0.05, 0) is 40.8 Å². The molecule has 3 aromatic rings. The van der Waals surface area contributed by atoms with Crippen LogP contribution in [0.1, 0.15) is 30.5 Å². The summed E-state index contributed by atoms with van der Waals surface area (Å²) in [5.74, 6) is 0.884. The number of thioether (sulfide) groups is 1. The zero-order chi connectivity index (χ0) is 25.9. The van der Waals surface area contributed by atoms with E-state index in [9.17, 15) is 9.59 Å². The van der Waals surface area contributed by atoms with E-state index in [0.717, 1.165) is 16.7 Å². The number of hydrogen-bond acceptors (Lipinski definition) is 3. The molecule has 3 aromatic carbocycles. The van der Waals surface area contributed by atoms with Crippen molar-refractivity contribution in [2.24, 2.45) is 5.92 Å². The molecule has 0 spiro atoms. The number of nitrogens with one attached hydrogen (secondary N) is 1. The first-order valence-electron chi connectivity index (χ1n) is 12.0. The Morgan fingerprint density at radius 3 is 2.31 bits per heavy atom. The van der Waals surface area contributed by atoms with E-state index in [1.165, 1.54) is 11.8 Å². The number of carbonyl (C=O) groups excluding carboxylic acids is 2. The van der Waals surface area contributed by atoms with E-state index in [1.807, 2.05) is 86.6 Å². The van der Waals surface area contributed by atoms with Gasteiger partial charge in [0.1, 0.15) is 6.04 Å². The van der Waals surface area contributed by atoms with Crippen LogP contribution < -0.4 is 5.32 Å². The summed E-state index contributed by atoms with van der Waals surface area (Å²) in [7, 11) is 0. The Bertz CT molecular complexity index is 1140. The van der Waals surface area contributed by atoms with Gasteiger partial charge in [-0.2, -0.15) is 0 Å². The molecular formula is C29H32Cl2N2O2S. The summed E-state index contributed by atoms with van der Waals surface area (Å²) in [5, 5.41) is 4.32. The molecule has 0 radical (unpaired) electrons. The average Bonchev–Trinajstić information content (AvgIpc) is 2.86. The van der Waals surface area contributed by atoms with Crippen LogP contribution in [-0.2, 0) is 28.3 Å². The van der Waals surface area contributed by atoms with Gasteiger partial charge in [-0.1, -0.05) is 97.7 Å². The van der Waals surface area contributed by atoms with Crippen LogP contribution in [0, 0.1) is 5.92 Å². The van der Waals surface area contributed by atoms with E-state index in [0.29, 0.717) is 41.2 Å². The van der Waals surface area contributed by atoms with E-state index < -0.39 is 6.04 Å². The first-order valence-corrected chi connectivity index (χ1v) is 13.9. The summed E-state index contributed by atoms with van der Waals surface area (Å²) < 4.78 is 0. The summed E-state index contributed by atoms with van der Waals surface area (Å²) >= 11 is 14.0. The molecule has 0 aliphatic heterocycles. The maximum absolute atomic E-state index is 13.6. The third-order valence-corrected chi connectivity index (χ3v) is 7.21. The van der Waals surface area contributed by atoms with Crippen LogP contribution in [0.15, 0.2) is 78.9 Å². The molecule has 7 heteroatoms. The molecule has 0 aliphatic rings. The number of hydrogen-bond donors (Lipinski definition) is 1. The van der Waals surface area contributed by atoms with Crippen LogP contribution in [0.5, 0.6) is 0 Å². The minimum atomic E-state index is -0.654. The van der Waals surface area contributed by atoms with Crippen LogP contribution in [0.3, 0.4) is 0 Å². The van der Waals surface area contributed by atoms with Crippen molar-refractivity contribution in [2.75, 3.05) is 12.3 Å². The molecule has 2 amide bonds.